The van der Waals surface area contributed by atoms with Crippen LogP contribution in [0.3, 0.4) is 0 Å². The smallest absolute Gasteiger partial charge is 0.324 e. The molecule has 3 amide bonds. The van der Waals surface area contributed by atoms with E-state index in [4.69, 9.17) is 0 Å². The second-order valence-corrected chi connectivity index (χ2v) is 10.5. The van der Waals surface area contributed by atoms with E-state index in [2.05, 4.69) is 10.0 Å². The summed E-state index contributed by atoms with van der Waals surface area (Å²) in [6.45, 7) is 7.51. The molecule has 176 valence electrons. The first-order valence-corrected chi connectivity index (χ1v) is 12.7. The highest BCUT2D eigenvalue weighted by Gasteiger charge is 2.31. The summed E-state index contributed by atoms with van der Waals surface area (Å²) in [6, 6.07) is 9.34. The van der Waals surface area contributed by atoms with Crippen LogP contribution < -0.4 is 14.9 Å². The van der Waals surface area contributed by atoms with Gasteiger partial charge in [0.15, 0.2) is 0 Å². The number of urea groups is 1. The van der Waals surface area contributed by atoms with Gasteiger partial charge in [0.2, 0.25) is 15.9 Å². The third kappa shape index (κ3) is 4.89. The number of aryl methyl sites for hydroxylation is 2. The standard InChI is InChI=1S/C24H30N4O4S/c1-16-6-7-20(14-17(16)2)25-23(29)18(3)26-33(31,32)21-8-9-22-19(15-21)10-13-28(22)24(30)27-11-4-5-12-27/h6-9,14-15,18,26H,4-5,10-13H2,1-3H3,(H,25,29)/t18-/m1/s1. The van der Waals surface area contributed by atoms with Crippen LogP contribution in [0.5, 0.6) is 0 Å². The molecule has 2 aromatic carbocycles. The Hall–Kier alpha value is -2.91. The maximum atomic E-state index is 12.9. The summed E-state index contributed by atoms with van der Waals surface area (Å²) in [6.07, 6.45) is 2.64. The molecule has 8 nitrogen and oxygen atoms in total. The number of carbonyl (C=O) groups excluding carboxylic acids is 2. The molecule has 4 rings (SSSR count). The zero-order valence-electron chi connectivity index (χ0n) is 19.2. The van der Waals surface area contributed by atoms with Crippen molar-refractivity contribution in [2.75, 3.05) is 29.9 Å². The molecule has 2 heterocycles. The van der Waals surface area contributed by atoms with Crippen LogP contribution in [-0.4, -0.2) is 50.9 Å². The number of nitrogens with one attached hydrogen (secondary N) is 2. The lowest BCUT2D eigenvalue weighted by molar-refractivity contribution is -0.117. The quantitative estimate of drug-likeness (QED) is 0.701. The SMILES string of the molecule is Cc1ccc(NC(=O)[C@@H](C)NS(=O)(=O)c2ccc3c(c2)CCN3C(=O)N2CCCC2)cc1C. The van der Waals surface area contributed by atoms with Crippen LogP contribution in [0.2, 0.25) is 0 Å². The van der Waals surface area contributed by atoms with Gasteiger partial charge in [-0.05, 0) is 87.1 Å². The maximum Gasteiger partial charge on any atom is 0.324 e. The number of benzene rings is 2. The minimum Gasteiger partial charge on any atom is -0.325 e. The highest BCUT2D eigenvalue weighted by molar-refractivity contribution is 7.89. The van der Waals surface area contributed by atoms with Crippen molar-refractivity contribution >= 4 is 33.3 Å². The Kier molecular flexibility index (Phi) is 6.45. The molecule has 0 spiro atoms. The molecule has 0 saturated carbocycles. The third-order valence-corrected chi connectivity index (χ3v) is 7.90. The first kappa shape index (κ1) is 23.3. The number of sulfonamides is 1. The predicted molar refractivity (Wildman–Crippen MR) is 128 cm³/mol. The van der Waals surface area contributed by atoms with E-state index in [9.17, 15) is 18.0 Å². The Morgan fingerprint density at radius 1 is 0.970 bits per heavy atom. The van der Waals surface area contributed by atoms with Gasteiger partial charge in [-0.15, -0.1) is 0 Å². The van der Waals surface area contributed by atoms with Crippen molar-refractivity contribution in [3.8, 4) is 0 Å². The van der Waals surface area contributed by atoms with E-state index >= 15 is 0 Å². The largest absolute Gasteiger partial charge is 0.325 e. The number of hydrogen-bond donors (Lipinski definition) is 2. The summed E-state index contributed by atoms with van der Waals surface area (Å²) in [4.78, 5) is 29.0. The second kappa shape index (κ2) is 9.15. The van der Waals surface area contributed by atoms with Crippen molar-refractivity contribution in [1.82, 2.24) is 9.62 Å². The Balaban J connectivity index is 1.44. The first-order chi connectivity index (χ1) is 15.7. The van der Waals surface area contributed by atoms with Crippen LogP contribution in [0.1, 0.15) is 36.5 Å². The molecule has 1 saturated heterocycles. The maximum absolute atomic E-state index is 12.9. The third-order valence-electron chi connectivity index (χ3n) is 6.36. The van der Waals surface area contributed by atoms with Gasteiger partial charge in [-0.1, -0.05) is 6.07 Å². The number of anilines is 2. The fraction of sp³-hybridized carbons (Fsp3) is 0.417. The number of fused-ring (bicyclic) bond motifs is 1. The molecule has 0 bridgehead atoms. The minimum absolute atomic E-state index is 0.0170. The lowest BCUT2D eigenvalue weighted by atomic mass is 10.1. The summed E-state index contributed by atoms with van der Waals surface area (Å²) in [5.74, 6) is -0.439. The van der Waals surface area contributed by atoms with E-state index in [0.29, 0.717) is 18.7 Å². The molecular formula is C24H30N4O4S. The van der Waals surface area contributed by atoms with Gasteiger partial charge in [0.25, 0.3) is 0 Å². The van der Waals surface area contributed by atoms with E-state index in [0.717, 1.165) is 48.3 Å². The van der Waals surface area contributed by atoms with Gasteiger partial charge < -0.3 is 10.2 Å². The van der Waals surface area contributed by atoms with Crippen LogP contribution >= 0.6 is 0 Å². The van der Waals surface area contributed by atoms with Crippen LogP contribution in [0, 0.1) is 13.8 Å². The van der Waals surface area contributed by atoms with Crippen molar-refractivity contribution in [2.45, 2.75) is 51.0 Å². The van der Waals surface area contributed by atoms with Gasteiger partial charge >= 0.3 is 6.03 Å². The van der Waals surface area contributed by atoms with Gasteiger partial charge in [0.1, 0.15) is 0 Å². The average molecular weight is 471 g/mol. The highest BCUT2D eigenvalue weighted by atomic mass is 32.2. The number of amides is 3. The number of rotatable bonds is 5. The van der Waals surface area contributed by atoms with Crippen molar-refractivity contribution < 1.29 is 18.0 Å². The molecular weight excluding hydrogens is 440 g/mol. The summed E-state index contributed by atoms with van der Waals surface area (Å²) in [5.41, 5.74) is 4.34. The molecule has 0 radical (unpaired) electrons. The van der Waals surface area contributed by atoms with Crippen molar-refractivity contribution in [3.05, 3.63) is 53.1 Å². The van der Waals surface area contributed by atoms with E-state index in [-0.39, 0.29) is 10.9 Å². The molecule has 1 fully saturated rings. The fourth-order valence-corrected chi connectivity index (χ4v) is 5.50. The Morgan fingerprint density at radius 2 is 1.70 bits per heavy atom. The molecule has 0 aromatic heterocycles. The van der Waals surface area contributed by atoms with Crippen molar-refractivity contribution in [1.29, 1.82) is 0 Å². The van der Waals surface area contributed by atoms with Crippen molar-refractivity contribution in [3.63, 3.8) is 0 Å². The van der Waals surface area contributed by atoms with Gasteiger partial charge in [-0.3, -0.25) is 9.69 Å². The molecule has 2 N–H and O–H groups in total. The molecule has 2 aliphatic rings. The molecule has 1 atom stereocenters. The molecule has 0 aliphatic carbocycles. The Morgan fingerprint density at radius 3 is 2.39 bits per heavy atom. The predicted octanol–water partition coefficient (Wildman–Crippen LogP) is 3.19. The van der Waals surface area contributed by atoms with E-state index in [1.165, 1.54) is 13.0 Å². The lowest BCUT2D eigenvalue weighted by Crippen LogP contribution is -2.41. The molecule has 33 heavy (non-hydrogen) atoms. The zero-order chi connectivity index (χ0) is 23.8. The summed E-state index contributed by atoms with van der Waals surface area (Å²) in [7, 11) is -3.91. The first-order valence-electron chi connectivity index (χ1n) is 11.3. The minimum atomic E-state index is -3.91. The van der Waals surface area contributed by atoms with Crippen LogP contribution in [0.4, 0.5) is 16.2 Å². The number of nitrogens with zero attached hydrogens (tertiary/aromatic N) is 2. The lowest BCUT2D eigenvalue weighted by Gasteiger charge is -2.24. The van der Waals surface area contributed by atoms with Gasteiger partial charge in [0, 0.05) is 31.0 Å². The second-order valence-electron chi connectivity index (χ2n) is 8.80. The number of likely N-dealkylation sites (tertiary alicyclic amines) is 1. The molecule has 2 aliphatic heterocycles. The van der Waals surface area contributed by atoms with Crippen LogP contribution in [0.15, 0.2) is 41.3 Å². The zero-order valence-corrected chi connectivity index (χ0v) is 20.0. The van der Waals surface area contributed by atoms with Gasteiger partial charge in [-0.2, -0.15) is 4.72 Å². The van der Waals surface area contributed by atoms with Crippen molar-refractivity contribution in [2.24, 2.45) is 0 Å². The average Bonchev–Trinajstić information content (AvgIpc) is 3.45. The van der Waals surface area contributed by atoms with Gasteiger partial charge in [-0.25, -0.2) is 13.2 Å². The van der Waals surface area contributed by atoms with E-state index in [1.54, 1.807) is 23.1 Å². The summed E-state index contributed by atoms with van der Waals surface area (Å²) >= 11 is 0. The monoisotopic (exact) mass is 470 g/mol. The topological polar surface area (TPSA) is 98.8 Å². The normalized spacial score (nSPS) is 16.6. The number of carbonyl (C=O) groups is 2. The van der Waals surface area contributed by atoms with Crippen LogP contribution in [-0.2, 0) is 21.2 Å². The Bertz CT molecular complexity index is 1190. The van der Waals surface area contributed by atoms with Gasteiger partial charge in [0.05, 0.1) is 10.9 Å². The van der Waals surface area contributed by atoms with E-state index < -0.39 is 22.0 Å². The molecule has 2 aromatic rings. The van der Waals surface area contributed by atoms with Crippen LogP contribution in [0.25, 0.3) is 0 Å². The summed E-state index contributed by atoms with van der Waals surface area (Å²) < 4.78 is 28.3. The van der Waals surface area contributed by atoms with E-state index in [1.807, 2.05) is 30.9 Å². The molecule has 9 heteroatoms. The fourth-order valence-electron chi connectivity index (χ4n) is 4.25. The number of hydrogen-bond acceptors (Lipinski definition) is 4. The Labute approximate surface area is 195 Å². The molecule has 0 unspecified atom stereocenters. The highest BCUT2D eigenvalue weighted by Crippen LogP contribution is 2.31. The summed E-state index contributed by atoms with van der Waals surface area (Å²) in [5, 5.41) is 2.76.